The topological polar surface area (TPSA) is 66.5 Å². The van der Waals surface area contributed by atoms with Gasteiger partial charge < -0.3 is 0 Å². The average molecular weight is 123 g/mol. The minimum atomic E-state index is -2.85. The number of rotatable bonds is 1. The van der Waals surface area contributed by atoms with Crippen LogP contribution < -0.4 is 5.14 Å². The Labute approximate surface area is 44.3 Å². The maximum Gasteiger partial charge on any atom is 0.0343 e. The molecule has 0 aromatic rings. The zero-order valence-corrected chi connectivity index (χ0v) is 4.85. The van der Waals surface area contributed by atoms with Gasteiger partial charge in [0.15, 0.2) is 0 Å². The zero-order chi connectivity index (χ0) is 5.91. The Morgan fingerprint density at radius 2 is 2.00 bits per heavy atom. The van der Waals surface area contributed by atoms with Crippen molar-refractivity contribution in [1.82, 2.24) is 0 Å². The second-order valence-electron chi connectivity index (χ2n) is 1.11. The first-order valence-electron chi connectivity index (χ1n) is 1.75. The van der Waals surface area contributed by atoms with Crippen LogP contribution in [-0.4, -0.2) is 9.11 Å². The van der Waals surface area contributed by atoms with Gasteiger partial charge in [0.25, 0.3) is 0 Å². The predicted molar refractivity (Wildman–Crippen MR) is 31.8 cm³/mol. The summed E-state index contributed by atoms with van der Waals surface area (Å²) in [6.45, 7) is 1.67. The lowest BCUT2D eigenvalue weighted by atomic mass is 10.8. The lowest BCUT2D eigenvalue weighted by Crippen LogP contribution is -2.02. The molecule has 0 saturated carbocycles. The normalized spacial score (nSPS) is 15.4. The van der Waals surface area contributed by atoms with E-state index < -0.39 is 10.8 Å². The quantitative estimate of drug-likeness (QED) is 0.490. The van der Waals surface area contributed by atoms with Crippen LogP contribution in [0.5, 0.6) is 0 Å². The fraction of sp³-hybridized carbons (Fsp3) is 0.333. The molecule has 0 atom stereocenters. The highest BCUT2D eigenvalue weighted by atomic mass is 32.3. The lowest BCUT2D eigenvalue weighted by Gasteiger charge is -2.19. The molecule has 4 N–H and O–H groups in total. The first kappa shape index (κ1) is 6.97. The van der Waals surface area contributed by atoms with Gasteiger partial charge >= 0.3 is 0 Å². The van der Waals surface area contributed by atoms with Crippen LogP contribution in [0.15, 0.2) is 11.5 Å². The van der Waals surface area contributed by atoms with E-state index in [0.717, 1.165) is 5.41 Å². The minimum Gasteiger partial charge on any atom is -0.282 e. The second-order valence-corrected chi connectivity index (χ2v) is 2.66. The van der Waals surface area contributed by atoms with Gasteiger partial charge in [-0.3, -0.25) is 9.11 Å². The average Bonchev–Trinajstić information content (AvgIpc) is 1.30. The molecule has 0 fully saturated rings. The molecule has 3 nitrogen and oxygen atoms in total. The summed E-state index contributed by atoms with van der Waals surface area (Å²) >= 11 is 0. The first-order valence-corrected chi connectivity index (χ1v) is 3.42. The number of nitrogens with two attached hydrogens (primary N) is 1. The SMILES string of the molecule is C/C=C/S(N)(O)O. The Kier molecular flexibility index (Phi) is 2.31. The smallest absolute Gasteiger partial charge is 0.0343 e. The molecule has 44 valence electrons. The van der Waals surface area contributed by atoms with Crippen molar-refractivity contribution in [2.45, 2.75) is 6.92 Å². The van der Waals surface area contributed by atoms with Gasteiger partial charge in [0.05, 0.1) is 0 Å². The molecule has 4 heteroatoms. The molecule has 0 rings (SSSR count). The monoisotopic (exact) mass is 123 g/mol. The molecule has 0 bridgehead atoms. The van der Waals surface area contributed by atoms with E-state index in [9.17, 15) is 0 Å². The van der Waals surface area contributed by atoms with Crippen LogP contribution in [-0.2, 0) is 0 Å². The molecule has 0 unspecified atom stereocenters. The fourth-order valence-electron chi connectivity index (χ4n) is 0.200. The fourth-order valence-corrected chi connectivity index (χ4v) is 0.601. The largest absolute Gasteiger partial charge is 0.282 e. The highest BCUT2D eigenvalue weighted by molar-refractivity contribution is 8.24. The van der Waals surface area contributed by atoms with E-state index in [4.69, 9.17) is 14.2 Å². The van der Waals surface area contributed by atoms with E-state index in [1.807, 2.05) is 0 Å². The molecule has 7 heavy (non-hydrogen) atoms. The molecule has 0 amide bonds. The van der Waals surface area contributed by atoms with E-state index in [0.29, 0.717) is 0 Å². The molecular formula is C3H9NO2S. The second kappa shape index (κ2) is 2.32. The third kappa shape index (κ3) is 5.97. The van der Waals surface area contributed by atoms with Gasteiger partial charge in [-0.1, -0.05) is 6.08 Å². The van der Waals surface area contributed by atoms with Gasteiger partial charge in [0.1, 0.15) is 0 Å². The van der Waals surface area contributed by atoms with Gasteiger partial charge in [0.2, 0.25) is 0 Å². The van der Waals surface area contributed by atoms with E-state index >= 15 is 0 Å². The lowest BCUT2D eigenvalue weighted by molar-refractivity contribution is 0.501. The molecule has 0 aliphatic carbocycles. The van der Waals surface area contributed by atoms with E-state index in [1.165, 1.54) is 6.08 Å². The minimum absolute atomic E-state index is 1.16. The van der Waals surface area contributed by atoms with E-state index in [2.05, 4.69) is 0 Å². The summed E-state index contributed by atoms with van der Waals surface area (Å²) in [7, 11) is -2.85. The molecule has 0 aromatic heterocycles. The summed E-state index contributed by atoms with van der Waals surface area (Å²) in [6.07, 6.45) is 1.50. The van der Waals surface area contributed by atoms with Crippen LogP contribution in [0.25, 0.3) is 0 Å². The van der Waals surface area contributed by atoms with Crippen molar-refractivity contribution in [2.75, 3.05) is 0 Å². The molecule has 0 spiro atoms. The van der Waals surface area contributed by atoms with Crippen molar-refractivity contribution < 1.29 is 9.11 Å². The van der Waals surface area contributed by atoms with E-state index in [1.54, 1.807) is 6.92 Å². The summed E-state index contributed by atoms with van der Waals surface area (Å²) in [5.41, 5.74) is 0. The molecule has 0 aromatic carbocycles. The standard InChI is InChI=1S/C3H9NO2S/c1-2-3-7(4,5)6/h2-3,5-6H,4H2,1H3/b3-2+. The van der Waals surface area contributed by atoms with Crippen LogP contribution >= 0.6 is 10.8 Å². The first-order chi connectivity index (χ1) is 3.06. The van der Waals surface area contributed by atoms with Gasteiger partial charge in [0, 0.05) is 5.41 Å². The third-order valence-corrected chi connectivity index (χ3v) is 1.01. The van der Waals surface area contributed by atoms with Gasteiger partial charge in [-0.2, -0.15) is 0 Å². The summed E-state index contributed by atoms with van der Waals surface area (Å²) in [4.78, 5) is 0. The van der Waals surface area contributed by atoms with Crippen LogP contribution in [0.3, 0.4) is 0 Å². The van der Waals surface area contributed by atoms with Crippen LogP contribution in [0, 0.1) is 0 Å². The van der Waals surface area contributed by atoms with E-state index in [-0.39, 0.29) is 0 Å². The van der Waals surface area contributed by atoms with Crippen molar-refractivity contribution in [3.8, 4) is 0 Å². The Morgan fingerprint density at radius 3 is 2.00 bits per heavy atom. The summed E-state index contributed by atoms with van der Waals surface area (Å²) in [5, 5.41) is 5.91. The van der Waals surface area contributed by atoms with Gasteiger partial charge in [-0.15, -0.1) is 10.8 Å². The van der Waals surface area contributed by atoms with Crippen LogP contribution in [0.4, 0.5) is 0 Å². The zero-order valence-electron chi connectivity index (χ0n) is 4.03. The van der Waals surface area contributed by atoms with Gasteiger partial charge in [-0.25, -0.2) is 5.14 Å². The third-order valence-electron chi connectivity index (χ3n) is 0.336. The predicted octanol–water partition coefficient (Wildman–Crippen LogP) is 1.14. The molecule has 0 heterocycles. The number of hydrogen-bond donors (Lipinski definition) is 3. The molecule has 0 aliphatic rings. The highest BCUT2D eigenvalue weighted by Crippen LogP contribution is 2.28. The summed E-state index contributed by atoms with van der Waals surface area (Å²) < 4.78 is 16.7. The van der Waals surface area contributed by atoms with Crippen molar-refractivity contribution in [1.29, 1.82) is 0 Å². The number of hydrogen-bond acceptors (Lipinski definition) is 3. The highest BCUT2D eigenvalue weighted by Gasteiger charge is 1.91. The van der Waals surface area contributed by atoms with Crippen molar-refractivity contribution in [3.63, 3.8) is 0 Å². The Balaban J connectivity index is 3.56. The van der Waals surface area contributed by atoms with Crippen molar-refractivity contribution in [3.05, 3.63) is 11.5 Å². The Hall–Kier alpha value is -0.0300. The maximum atomic E-state index is 8.35. The number of allylic oxidation sites excluding steroid dienone is 1. The van der Waals surface area contributed by atoms with Crippen molar-refractivity contribution in [2.24, 2.45) is 5.14 Å². The van der Waals surface area contributed by atoms with Crippen LogP contribution in [0.1, 0.15) is 6.92 Å². The maximum absolute atomic E-state index is 8.35. The summed E-state index contributed by atoms with van der Waals surface area (Å²) in [5.74, 6) is 0. The van der Waals surface area contributed by atoms with Crippen molar-refractivity contribution >= 4 is 10.8 Å². The van der Waals surface area contributed by atoms with Crippen LogP contribution in [0.2, 0.25) is 0 Å². The molecule has 0 aliphatic heterocycles. The molecule has 0 saturated heterocycles. The van der Waals surface area contributed by atoms with Gasteiger partial charge in [-0.05, 0) is 6.92 Å². The Bertz CT molecular complexity index is 75.5. The Morgan fingerprint density at radius 1 is 1.57 bits per heavy atom. The molecular weight excluding hydrogens is 114 g/mol. The molecule has 0 radical (unpaired) electrons. The summed E-state index contributed by atoms with van der Waals surface area (Å²) in [6, 6.07) is 0.